The van der Waals surface area contributed by atoms with Gasteiger partial charge in [-0.2, -0.15) is 18.3 Å². The minimum Gasteiger partial charge on any atom is -0.505 e. The van der Waals surface area contributed by atoms with Gasteiger partial charge in [-0.15, -0.1) is 0 Å². The number of aromatic hydroxyl groups is 1. The number of nitrogens with zero attached hydrogens (tertiary/aromatic N) is 3. The molecule has 180 valence electrons. The third kappa shape index (κ3) is 5.40. The molecule has 1 amide bonds. The molecule has 34 heavy (non-hydrogen) atoms. The van der Waals surface area contributed by atoms with Gasteiger partial charge in [0.25, 0.3) is 5.91 Å². The normalized spacial score (nSPS) is 14.9. The molecular formula is C22H20Cl2F3N5O2. The lowest BCUT2D eigenvalue weighted by molar-refractivity contribution is -0.137. The number of H-pyrrole nitrogens is 1. The zero-order valence-corrected chi connectivity index (χ0v) is 19.2. The van der Waals surface area contributed by atoms with E-state index in [1.807, 2.05) is 9.80 Å². The molecule has 3 aromatic rings. The van der Waals surface area contributed by atoms with E-state index < -0.39 is 11.7 Å². The lowest BCUT2D eigenvalue weighted by atomic mass is 10.1. The first-order valence-electron chi connectivity index (χ1n) is 10.3. The van der Waals surface area contributed by atoms with Gasteiger partial charge in [0.15, 0.2) is 5.75 Å². The third-order valence-electron chi connectivity index (χ3n) is 5.51. The Labute approximate surface area is 203 Å². The van der Waals surface area contributed by atoms with Crippen molar-refractivity contribution in [1.82, 2.24) is 20.4 Å². The van der Waals surface area contributed by atoms with Gasteiger partial charge in [-0.3, -0.25) is 14.8 Å². The number of aromatic nitrogens is 2. The molecule has 0 atom stereocenters. The number of phenolic OH excluding ortho intramolecular Hbond substituents is 1. The summed E-state index contributed by atoms with van der Waals surface area (Å²) in [5.74, 6) is -0.594. The summed E-state index contributed by atoms with van der Waals surface area (Å²) in [6.45, 7) is 2.51. The quantitative estimate of drug-likeness (QED) is 0.463. The van der Waals surface area contributed by atoms with Crippen molar-refractivity contribution in [2.24, 2.45) is 0 Å². The van der Waals surface area contributed by atoms with Gasteiger partial charge in [0.1, 0.15) is 5.69 Å². The Morgan fingerprint density at radius 2 is 1.76 bits per heavy atom. The second kappa shape index (κ2) is 9.73. The zero-order chi connectivity index (χ0) is 24.5. The van der Waals surface area contributed by atoms with E-state index in [4.69, 9.17) is 23.2 Å². The number of carbonyl (C=O) groups excluding carboxylic acids is 1. The molecule has 2 aromatic carbocycles. The first-order valence-corrected chi connectivity index (χ1v) is 11.0. The molecule has 0 unspecified atom stereocenters. The van der Waals surface area contributed by atoms with Gasteiger partial charge in [0.05, 0.1) is 28.0 Å². The number of rotatable bonds is 5. The largest absolute Gasteiger partial charge is 0.505 e. The summed E-state index contributed by atoms with van der Waals surface area (Å²) in [4.78, 5) is 16.4. The number of nitrogens with one attached hydrogen (secondary N) is 2. The third-order valence-corrected chi connectivity index (χ3v) is 6.09. The van der Waals surface area contributed by atoms with Crippen molar-refractivity contribution >= 4 is 34.8 Å². The average molecular weight is 514 g/mol. The van der Waals surface area contributed by atoms with Crippen molar-refractivity contribution in [3.63, 3.8) is 0 Å². The van der Waals surface area contributed by atoms with Crippen molar-refractivity contribution in [2.75, 3.05) is 37.7 Å². The van der Waals surface area contributed by atoms with Crippen LogP contribution in [0, 0.1) is 0 Å². The van der Waals surface area contributed by atoms with E-state index in [2.05, 4.69) is 15.5 Å². The van der Waals surface area contributed by atoms with Gasteiger partial charge in [-0.05, 0) is 36.4 Å². The van der Waals surface area contributed by atoms with Crippen LogP contribution >= 0.6 is 23.2 Å². The molecule has 0 spiro atoms. The number of benzene rings is 2. The summed E-state index contributed by atoms with van der Waals surface area (Å²) in [5.41, 5.74) is 1.06. The molecule has 2 heterocycles. The summed E-state index contributed by atoms with van der Waals surface area (Å²) >= 11 is 11.9. The van der Waals surface area contributed by atoms with Crippen LogP contribution in [0.4, 0.5) is 18.9 Å². The van der Waals surface area contributed by atoms with Crippen LogP contribution in [0.15, 0.2) is 42.5 Å². The molecule has 4 rings (SSSR count). The molecule has 1 fully saturated rings. The number of halogens is 5. The van der Waals surface area contributed by atoms with Gasteiger partial charge < -0.3 is 15.3 Å². The van der Waals surface area contributed by atoms with Crippen molar-refractivity contribution in [2.45, 2.75) is 6.18 Å². The Morgan fingerprint density at radius 3 is 2.41 bits per heavy atom. The molecule has 3 N–H and O–H groups in total. The number of amides is 1. The topological polar surface area (TPSA) is 84.5 Å². The highest BCUT2D eigenvalue weighted by atomic mass is 35.5. The van der Waals surface area contributed by atoms with Crippen LogP contribution in [-0.4, -0.2) is 59.0 Å². The van der Waals surface area contributed by atoms with Crippen LogP contribution in [0.25, 0.3) is 11.3 Å². The maximum absolute atomic E-state index is 13.0. The summed E-state index contributed by atoms with van der Waals surface area (Å²) in [7, 11) is 0. The molecule has 1 saturated heterocycles. The number of phenols is 1. The van der Waals surface area contributed by atoms with Crippen molar-refractivity contribution in [1.29, 1.82) is 0 Å². The highest BCUT2D eigenvalue weighted by Crippen LogP contribution is 2.36. The molecule has 12 heteroatoms. The Hall–Kier alpha value is -2.95. The minimum atomic E-state index is -4.38. The first-order chi connectivity index (χ1) is 16.1. The van der Waals surface area contributed by atoms with Crippen molar-refractivity contribution < 1.29 is 23.1 Å². The monoisotopic (exact) mass is 513 g/mol. The summed E-state index contributed by atoms with van der Waals surface area (Å²) in [6.07, 6.45) is -4.38. The number of hydrogen-bond donors (Lipinski definition) is 3. The van der Waals surface area contributed by atoms with E-state index in [0.29, 0.717) is 43.1 Å². The Balaban J connectivity index is 1.31. The molecule has 0 radical (unpaired) electrons. The fraction of sp³-hybridized carbons (Fsp3) is 0.273. The predicted octanol–water partition coefficient (Wildman–Crippen LogP) is 4.62. The smallest absolute Gasteiger partial charge is 0.416 e. The van der Waals surface area contributed by atoms with E-state index in [1.54, 1.807) is 12.1 Å². The van der Waals surface area contributed by atoms with Crippen LogP contribution < -0.4 is 10.2 Å². The zero-order valence-electron chi connectivity index (χ0n) is 17.7. The molecule has 1 aromatic heterocycles. The molecule has 1 aliphatic rings. The Kier molecular flexibility index (Phi) is 6.92. The lowest BCUT2D eigenvalue weighted by Gasteiger charge is -2.36. The van der Waals surface area contributed by atoms with E-state index in [-0.39, 0.29) is 34.1 Å². The van der Waals surface area contributed by atoms with E-state index in [0.717, 1.165) is 12.1 Å². The summed E-state index contributed by atoms with van der Waals surface area (Å²) in [5, 5.41) is 19.4. The lowest BCUT2D eigenvalue weighted by Crippen LogP contribution is -2.50. The fourth-order valence-electron chi connectivity index (χ4n) is 3.62. The number of hydrogen-bond acceptors (Lipinski definition) is 5. The van der Waals surface area contributed by atoms with Gasteiger partial charge in [-0.1, -0.05) is 29.3 Å². The number of carbonyl (C=O) groups is 1. The number of piperazine rings is 1. The van der Waals surface area contributed by atoms with E-state index in [1.165, 1.54) is 18.2 Å². The Morgan fingerprint density at radius 1 is 1.09 bits per heavy atom. The van der Waals surface area contributed by atoms with Crippen LogP contribution in [0.2, 0.25) is 10.0 Å². The second-order valence-electron chi connectivity index (χ2n) is 7.77. The maximum atomic E-state index is 13.0. The number of alkyl halides is 3. The highest BCUT2D eigenvalue weighted by molar-refractivity contribution is 6.37. The standard InChI is InChI=1S/C22H20Cl2F3N5O2/c23-16-8-13(9-17(24)20(16)33)18-11-19(30-29-18)21(34)28-12-31-4-6-32(7-5-31)15-3-1-2-14(10-15)22(25,26)27/h1-3,8-11,33H,4-7,12H2,(H,28,34)(H,29,30). The molecule has 7 nitrogen and oxygen atoms in total. The summed E-state index contributed by atoms with van der Waals surface area (Å²) < 4.78 is 38.9. The highest BCUT2D eigenvalue weighted by Gasteiger charge is 2.31. The first kappa shape index (κ1) is 24.2. The molecule has 1 aliphatic heterocycles. The SMILES string of the molecule is O=C(NCN1CCN(c2cccc(C(F)(F)F)c2)CC1)c1cc(-c2cc(Cl)c(O)c(Cl)c2)n[nH]1. The Bertz CT molecular complexity index is 1170. The average Bonchev–Trinajstić information content (AvgIpc) is 3.31. The van der Waals surface area contributed by atoms with E-state index >= 15 is 0 Å². The predicted molar refractivity (Wildman–Crippen MR) is 123 cm³/mol. The van der Waals surface area contributed by atoms with E-state index in [9.17, 15) is 23.1 Å². The van der Waals surface area contributed by atoms with Gasteiger partial charge in [-0.25, -0.2) is 0 Å². The number of aromatic amines is 1. The maximum Gasteiger partial charge on any atom is 0.416 e. The molecular weight excluding hydrogens is 494 g/mol. The van der Waals surface area contributed by atoms with Gasteiger partial charge in [0, 0.05) is 37.4 Å². The number of anilines is 1. The van der Waals surface area contributed by atoms with Gasteiger partial charge >= 0.3 is 6.18 Å². The molecule has 0 bridgehead atoms. The fourth-order valence-corrected chi connectivity index (χ4v) is 4.11. The second-order valence-corrected chi connectivity index (χ2v) is 8.59. The van der Waals surface area contributed by atoms with Crippen LogP contribution in [0.5, 0.6) is 5.75 Å². The van der Waals surface area contributed by atoms with Gasteiger partial charge in [0.2, 0.25) is 0 Å². The van der Waals surface area contributed by atoms with Crippen LogP contribution in [0.1, 0.15) is 16.1 Å². The summed E-state index contributed by atoms with van der Waals surface area (Å²) in [6, 6.07) is 9.80. The van der Waals surface area contributed by atoms with Crippen LogP contribution in [-0.2, 0) is 6.18 Å². The molecule has 0 aliphatic carbocycles. The molecule has 0 saturated carbocycles. The van der Waals surface area contributed by atoms with Crippen LogP contribution in [0.3, 0.4) is 0 Å². The van der Waals surface area contributed by atoms with Crippen molar-refractivity contribution in [3.05, 3.63) is 63.8 Å². The minimum absolute atomic E-state index is 0.0702. The van der Waals surface area contributed by atoms with Crippen molar-refractivity contribution in [3.8, 4) is 17.0 Å².